The smallest absolute Gasteiger partial charge is 0.261 e. The van der Waals surface area contributed by atoms with Crippen LogP contribution in [0, 0.1) is 0 Å². The largest absolute Gasteiger partial charge is 0.339 e. The molecule has 8 heteroatoms. The molecule has 2 aromatic rings. The zero-order chi connectivity index (χ0) is 18.0. The van der Waals surface area contributed by atoms with Crippen LogP contribution in [0.4, 0.5) is 5.69 Å². The molecule has 0 saturated carbocycles. The Kier molecular flexibility index (Phi) is 4.82. The second-order valence-electron chi connectivity index (χ2n) is 5.57. The molecule has 0 radical (unpaired) electrons. The predicted octanol–water partition coefficient (Wildman–Crippen LogP) is 2.55. The predicted molar refractivity (Wildman–Crippen MR) is 97.0 cm³/mol. The molecule has 1 aliphatic rings. The molecule has 1 amide bonds. The number of sulfonamides is 1. The second kappa shape index (κ2) is 6.89. The van der Waals surface area contributed by atoms with Crippen molar-refractivity contribution < 1.29 is 18.0 Å². The minimum absolute atomic E-state index is 0.0356. The van der Waals surface area contributed by atoms with Gasteiger partial charge in [-0.3, -0.25) is 14.3 Å². The van der Waals surface area contributed by atoms with E-state index in [4.69, 9.17) is 0 Å². The summed E-state index contributed by atoms with van der Waals surface area (Å²) in [7, 11) is -3.76. The van der Waals surface area contributed by atoms with Crippen molar-refractivity contribution in [2.24, 2.45) is 0 Å². The molecule has 1 aliphatic heterocycles. The van der Waals surface area contributed by atoms with Crippen molar-refractivity contribution in [2.45, 2.75) is 17.2 Å². The summed E-state index contributed by atoms with van der Waals surface area (Å²) < 4.78 is 27.5. The minimum atomic E-state index is -3.76. The van der Waals surface area contributed by atoms with Crippen molar-refractivity contribution in [3.8, 4) is 0 Å². The first-order valence-electron chi connectivity index (χ1n) is 7.50. The quantitative estimate of drug-likeness (QED) is 0.783. The Bertz CT molecular complexity index is 924. The molecular formula is C17H16N2O4S2. The molecule has 0 aromatic heterocycles. The van der Waals surface area contributed by atoms with Crippen molar-refractivity contribution >= 4 is 39.2 Å². The summed E-state index contributed by atoms with van der Waals surface area (Å²) in [5, 5.41) is 2.65. The fourth-order valence-corrected chi connectivity index (χ4v) is 4.42. The van der Waals surface area contributed by atoms with Gasteiger partial charge in [0.25, 0.3) is 10.0 Å². The van der Waals surface area contributed by atoms with Gasteiger partial charge in [0.15, 0.2) is 5.78 Å². The molecular weight excluding hydrogens is 360 g/mol. The van der Waals surface area contributed by atoms with Crippen molar-refractivity contribution in [1.82, 2.24) is 5.32 Å². The van der Waals surface area contributed by atoms with Crippen molar-refractivity contribution in [3.05, 3.63) is 59.7 Å². The van der Waals surface area contributed by atoms with Crippen LogP contribution in [0.15, 0.2) is 53.4 Å². The first kappa shape index (κ1) is 17.5. The SMILES string of the molecule is CC(=O)c1ccc(S(=O)(=O)Nc2cccc(C3NC(=O)CS3)c2)cc1. The van der Waals surface area contributed by atoms with Crippen LogP contribution in [-0.2, 0) is 14.8 Å². The summed E-state index contributed by atoms with van der Waals surface area (Å²) in [4.78, 5) is 22.7. The third-order valence-corrected chi connectivity index (χ3v) is 6.24. The average molecular weight is 376 g/mol. The molecule has 0 spiro atoms. The zero-order valence-corrected chi connectivity index (χ0v) is 15.0. The number of carbonyl (C=O) groups is 2. The third-order valence-electron chi connectivity index (χ3n) is 3.69. The van der Waals surface area contributed by atoms with Gasteiger partial charge in [-0.05, 0) is 36.8 Å². The number of rotatable bonds is 5. The zero-order valence-electron chi connectivity index (χ0n) is 13.4. The number of Topliss-reactive ketones (excluding diaryl/α,β-unsaturated/α-hetero) is 1. The summed E-state index contributed by atoms with van der Waals surface area (Å²) in [6.07, 6.45) is 0. The monoisotopic (exact) mass is 376 g/mol. The number of anilines is 1. The maximum absolute atomic E-state index is 12.5. The van der Waals surface area contributed by atoms with E-state index in [0.29, 0.717) is 17.0 Å². The molecule has 1 fully saturated rings. The van der Waals surface area contributed by atoms with E-state index in [0.717, 1.165) is 5.56 Å². The van der Waals surface area contributed by atoms with Gasteiger partial charge in [-0.15, -0.1) is 11.8 Å². The van der Waals surface area contributed by atoms with Gasteiger partial charge in [0.05, 0.1) is 10.6 Å². The van der Waals surface area contributed by atoms with Gasteiger partial charge in [-0.1, -0.05) is 24.3 Å². The highest BCUT2D eigenvalue weighted by atomic mass is 32.2. The van der Waals surface area contributed by atoms with Gasteiger partial charge >= 0.3 is 0 Å². The lowest BCUT2D eigenvalue weighted by atomic mass is 10.2. The topological polar surface area (TPSA) is 92.3 Å². The van der Waals surface area contributed by atoms with Gasteiger partial charge in [-0.25, -0.2) is 8.42 Å². The highest BCUT2D eigenvalue weighted by Gasteiger charge is 2.23. The second-order valence-corrected chi connectivity index (χ2v) is 8.35. The Morgan fingerprint density at radius 1 is 1.20 bits per heavy atom. The van der Waals surface area contributed by atoms with Crippen LogP contribution in [-0.4, -0.2) is 25.9 Å². The Hall–Kier alpha value is -2.32. The van der Waals surface area contributed by atoms with E-state index < -0.39 is 10.0 Å². The molecule has 1 heterocycles. The Morgan fingerprint density at radius 3 is 2.52 bits per heavy atom. The maximum Gasteiger partial charge on any atom is 0.261 e. The lowest BCUT2D eigenvalue weighted by Crippen LogP contribution is -2.19. The van der Waals surface area contributed by atoms with Gasteiger partial charge < -0.3 is 5.32 Å². The molecule has 0 bridgehead atoms. The van der Waals surface area contributed by atoms with E-state index in [1.807, 2.05) is 6.07 Å². The van der Waals surface area contributed by atoms with Gasteiger partial charge in [0, 0.05) is 11.3 Å². The summed E-state index contributed by atoms with van der Waals surface area (Å²) >= 11 is 1.46. The lowest BCUT2D eigenvalue weighted by molar-refractivity contribution is -0.118. The van der Waals surface area contributed by atoms with Crippen LogP contribution in [0.3, 0.4) is 0 Å². The van der Waals surface area contributed by atoms with Gasteiger partial charge in [-0.2, -0.15) is 0 Å². The molecule has 0 aliphatic carbocycles. The molecule has 3 rings (SSSR count). The van der Waals surface area contributed by atoms with E-state index in [1.54, 1.807) is 18.2 Å². The molecule has 1 saturated heterocycles. The number of carbonyl (C=O) groups excluding carboxylic acids is 2. The Morgan fingerprint density at radius 2 is 1.92 bits per heavy atom. The number of amides is 1. The fourth-order valence-electron chi connectivity index (χ4n) is 2.42. The number of nitrogens with one attached hydrogen (secondary N) is 2. The van der Waals surface area contributed by atoms with E-state index in [-0.39, 0.29) is 22.0 Å². The van der Waals surface area contributed by atoms with Crippen LogP contribution >= 0.6 is 11.8 Å². The van der Waals surface area contributed by atoms with Crippen LogP contribution < -0.4 is 10.0 Å². The fraction of sp³-hybridized carbons (Fsp3) is 0.176. The summed E-state index contributed by atoms with van der Waals surface area (Å²) in [6, 6.07) is 12.7. The van der Waals surface area contributed by atoms with Gasteiger partial charge in [0.1, 0.15) is 5.37 Å². The number of benzene rings is 2. The lowest BCUT2D eigenvalue weighted by Gasteiger charge is -2.13. The number of hydrogen-bond acceptors (Lipinski definition) is 5. The highest BCUT2D eigenvalue weighted by Crippen LogP contribution is 2.32. The third kappa shape index (κ3) is 4.02. The van der Waals surface area contributed by atoms with Crippen molar-refractivity contribution in [1.29, 1.82) is 0 Å². The van der Waals surface area contributed by atoms with Crippen LogP contribution in [0.2, 0.25) is 0 Å². The molecule has 1 atom stereocenters. The van der Waals surface area contributed by atoms with E-state index in [2.05, 4.69) is 10.0 Å². The van der Waals surface area contributed by atoms with Crippen molar-refractivity contribution in [2.75, 3.05) is 10.5 Å². The Balaban J connectivity index is 1.81. The summed E-state index contributed by atoms with van der Waals surface area (Å²) in [6.45, 7) is 1.42. The standard InChI is InChI=1S/C17H16N2O4S2/c1-11(20)12-5-7-15(8-6-12)25(22,23)19-14-4-2-3-13(9-14)17-18-16(21)10-24-17/h2-9,17,19H,10H2,1H3,(H,18,21). The first-order valence-corrected chi connectivity index (χ1v) is 10.0. The van der Waals surface area contributed by atoms with Crippen molar-refractivity contribution in [3.63, 3.8) is 0 Å². The molecule has 6 nitrogen and oxygen atoms in total. The van der Waals surface area contributed by atoms with Crippen LogP contribution in [0.5, 0.6) is 0 Å². The number of thioether (sulfide) groups is 1. The molecule has 1 unspecified atom stereocenters. The highest BCUT2D eigenvalue weighted by molar-refractivity contribution is 8.00. The average Bonchev–Trinajstić information content (AvgIpc) is 3.01. The normalized spacial score (nSPS) is 17.2. The maximum atomic E-state index is 12.5. The van der Waals surface area contributed by atoms with Crippen LogP contribution in [0.25, 0.3) is 0 Å². The summed E-state index contributed by atoms with van der Waals surface area (Å²) in [5.74, 6) is 0.232. The number of hydrogen-bond donors (Lipinski definition) is 2. The molecule has 2 aromatic carbocycles. The molecule has 25 heavy (non-hydrogen) atoms. The van der Waals surface area contributed by atoms with Gasteiger partial charge in [0.2, 0.25) is 5.91 Å². The minimum Gasteiger partial charge on any atom is -0.339 e. The van der Waals surface area contributed by atoms with E-state index in [1.165, 1.54) is 43.0 Å². The summed E-state index contributed by atoms with van der Waals surface area (Å²) in [5.41, 5.74) is 1.69. The van der Waals surface area contributed by atoms with E-state index in [9.17, 15) is 18.0 Å². The van der Waals surface area contributed by atoms with Crippen LogP contribution in [0.1, 0.15) is 28.2 Å². The Labute approximate surface area is 150 Å². The molecule has 2 N–H and O–H groups in total. The number of ketones is 1. The molecule has 130 valence electrons. The van der Waals surface area contributed by atoms with E-state index >= 15 is 0 Å². The first-order chi connectivity index (χ1) is 11.8.